The third-order valence-electron chi connectivity index (χ3n) is 2.78. The maximum atomic E-state index is 6.23. The number of anilines is 3. The van der Waals surface area contributed by atoms with Gasteiger partial charge in [0.05, 0.1) is 10.7 Å². The molecule has 0 saturated heterocycles. The van der Waals surface area contributed by atoms with E-state index in [1.807, 2.05) is 18.2 Å². The first kappa shape index (κ1) is 15.3. The first-order chi connectivity index (χ1) is 9.52. The number of hydrogen-bond acceptors (Lipinski definition) is 5. The van der Waals surface area contributed by atoms with Crippen LogP contribution in [0.5, 0.6) is 0 Å². The van der Waals surface area contributed by atoms with Gasteiger partial charge in [0.1, 0.15) is 18.0 Å². The Morgan fingerprint density at radius 3 is 2.55 bits per heavy atom. The lowest BCUT2D eigenvalue weighted by Crippen LogP contribution is -2.14. The predicted molar refractivity (Wildman–Crippen MR) is 91.4 cm³/mol. The molecule has 7 heteroatoms. The summed E-state index contributed by atoms with van der Waals surface area (Å²) >= 11 is 8.45. The van der Waals surface area contributed by atoms with Gasteiger partial charge in [0.2, 0.25) is 0 Å². The molecular weight excluding hydrogens is 389 g/mol. The van der Waals surface area contributed by atoms with Gasteiger partial charge in [-0.15, -0.1) is 0 Å². The number of nitrogens with two attached hydrogens (primary N) is 1. The summed E-state index contributed by atoms with van der Waals surface area (Å²) in [6, 6.07) is 5.79. The van der Waals surface area contributed by atoms with Gasteiger partial charge < -0.3 is 10.7 Å². The van der Waals surface area contributed by atoms with E-state index in [2.05, 4.69) is 57.1 Å². The van der Waals surface area contributed by atoms with E-state index in [-0.39, 0.29) is 5.92 Å². The minimum Gasteiger partial charge on any atom is -0.339 e. The largest absolute Gasteiger partial charge is 0.339 e. The van der Waals surface area contributed by atoms with Crippen molar-refractivity contribution in [3.63, 3.8) is 0 Å². The lowest BCUT2D eigenvalue weighted by molar-refractivity contribution is 0.850. The highest BCUT2D eigenvalue weighted by atomic mass is 127. The van der Waals surface area contributed by atoms with Gasteiger partial charge >= 0.3 is 0 Å². The topological polar surface area (TPSA) is 75.9 Å². The minimum atomic E-state index is 0.215. The Bertz CT molecular complexity index is 618. The van der Waals surface area contributed by atoms with E-state index in [1.54, 1.807) is 0 Å². The van der Waals surface area contributed by atoms with E-state index in [4.69, 9.17) is 17.4 Å². The van der Waals surface area contributed by atoms with Gasteiger partial charge in [-0.3, -0.25) is 0 Å². The quantitative estimate of drug-likeness (QED) is 0.410. The SMILES string of the molecule is CC(C)c1c(NN)ncnc1Nc1ccc(I)cc1Cl. The van der Waals surface area contributed by atoms with Gasteiger partial charge in [-0.1, -0.05) is 25.4 Å². The molecule has 0 bridgehead atoms. The molecule has 0 amide bonds. The number of rotatable bonds is 4. The fraction of sp³-hybridized carbons (Fsp3) is 0.231. The zero-order valence-electron chi connectivity index (χ0n) is 11.1. The fourth-order valence-corrected chi connectivity index (χ4v) is 2.78. The van der Waals surface area contributed by atoms with Crippen LogP contribution in [0.2, 0.25) is 5.02 Å². The molecule has 2 rings (SSSR count). The highest BCUT2D eigenvalue weighted by Crippen LogP contribution is 2.32. The number of hydrogen-bond donors (Lipinski definition) is 3. The maximum absolute atomic E-state index is 6.23. The van der Waals surface area contributed by atoms with Crippen molar-refractivity contribution in [2.24, 2.45) is 5.84 Å². The summed E-state index contributed by atoms with van der Waals surface area (Å²) in [5.74, 6) is 7.03. The van der Waals surface area contributed by atoms with Crippen molar-refractivity contribution in [1.82, 2.24) is 9.97 Å². The van der Waals surface area contributed by atoms with Crippen molar-refractivity contribution < 1.29 is 0 Å². The number of nitrogens with one attached hydrogen (secondary N) is 2. The van der Waals surface area contributed by atoms with E-state index < -0.39 is 0 Å². The summed E-state index contributed by atoms with van der Waals surface area (Å²) in [6.07, 6.45) is 1.46. The second-order valence-electron chi connectivity index (χ2n) is 4.53. The van der Waals surface area contributed by atoms with Gasteiger partial charge in [-0.2, -0.15) is 0 Å². The Labute approximate surface area is 136 Å². The van der Waals surface area contributed by atoms with Crippen LogP contribution < -0.4 is 16.6 Å². The molecule has 0 atom stereocenters. The average Bonchev–Trinajstić information content (AvgIpc) is 2.41. The Kier molecular flexibility index (Phi) is 5.00. The number of nitrogen functional groups attached to an aromatic ring is 1. The molecule has 4 N–H and O–H groups in total. The number of nitrogens with zero attached hydrogens (tertiary/aromatic N) is 2. The minimum absolute atomic E-state index is 0.215. The van der Waals surface area contributed by atoms with Gasteiger partial charge in [-0.05, 0) is 46.7 Å². The van der Waals surface area contributed by atoms with Crippen LogP contribution in [0.4, 0.5) is 17.3 Å². The number of halogens is 2. The van der Waals surface area contributed by atoms with E-state index in [9.17, 15) is 0 Å². The number of hydrazine groups is 1. The molecule has 1 heterocycles. The summed E-state index contributed by atoms with van der Waals surface area (Å²) in [7, 11) is 0. The van der Waals surface area contributed by atoms with Crippen LogP contribution in [-0.2, 0) is 0 Å². The van der Waals surface area contributed by atoms with Crippen LogP contribution >= 0.6 is 34.2 Å². The van der Waals surface area contributed by atoms with Crippen molar-refractivity contribution in [3.8, 4) is 0 Å². The molecule has 1 aromatic carbocycles. The maximum Gasteiger partial charge on any atom is 0.148 e. The summed E-state index contributed by atoms with van der Waals surface area (Å²) in [5, 5.41) is 3.89. The van der Waals surface area contributed by atoms with Crippen molar-refractivity contribution in [3.05, 3.63) is 38.7 Å². The summed E-state index contributed by atoms with van der Waals surface area (Å²) < 4.78 is 1.08. The molecule has 0 saturated carbocycles. The predicted octanol–water partition coefficient (Wildman–Crippen LogP) is 3.89. The van der Waals surface area contributed by atoms with Gasteiger partial charge in [0.25, 0.3) is 0 Å². The molecule has 5 nitrogen and oxygen atoms in total. The van der Waals surface area contributed by atoms with Gasteiger partial charge in [0, 0.05) is 9.13 Å². The van der Waals surface area contributed by atoms with Crippen LogP contribution in [-0.4, -0.2) is 9.97 Å². The van der Waals surface area contributed by atoms with Gasteiger partial charge in [0.15, 0.2) is 0 Å². The van der Waals surface area contributed by atoms with E-state index >= 15 is 0 Å². The standard InChI is InChI=1S/C13H15ClIN5/c1-7(2)11-12(17-6-18-13(11)20-16)19-10-4-3-8(15)5-9(10)14/h3-7H,16H2,1-2H3,(H2,17,18,19,20). The van der Waals surface area contributed by atoms with Crippen LogP contribution in [0.15, 0.2) is 24.5 Å². The van der Waals surface area contributed by atoms with E-state index in [1.165, 1.54) is 6.33 Å². The lowest BCUT2D eigenvalue weighted by Gasteiger charge is -2.17. The average molecular weight is 404 g/mol. The van der Waals surface area contributed by atoms with Crippen LogP contribution in [0, 0.1) is 3.57 Å². The monoisotopic (exact) mass is 403 g/mol. The molecule has 0 aliphatic heterocycles. The van der Waals surface area contributed by atoms with Gasteiger partial charge in [-0.25, -0.2) is 15.8 Å². The Balaban J connectivity index is 2.43. The van der Waals surface area contributed by atoms with Crippen LogP contribution in [0.1, 0.15) is 25.3 Å². The molecule has 0 fully saturated rings. The molecule has 20 heavy (non-hydrogen) atoms. The van der Waals surface area contributed by atoms with Crippen LogP contribution in [0.25, 0.3) is 0 Å². The first-order valence-corrected chi connectivity index (χ1v) is 7.52. The van der Waals surface area contributed by atoms with Crippen molar-refractivity contribution >= 4 is 51.5 Å². The van der Waals surface area contributed by atoms with Crippen molar-refractivity contribution in [2.75, 3.05) is 10.7 Å². The molecule has 1 aromatic heterocycles. The molecule has 0 aliphatic rings. The molecule has 0 spiro atoms. The van der Waals surface area contributed by atoms with Crippen molar-refractivity contribution in [1.29, 1.82) is 0 Å². The lowest BCUT2D eigenvalue weighted by atomic mass is 10.0. The zero-order valence-corrected chi connectivity index (χ0v) is 14.0. The number of benzene rings is 1. The Morgan fingerprint density at radius 1 is 1.25 bits per heavy atom. The van der Waals surface area contributed by atoms with Crippen LogP contribution in [0.3, 0.4) is 0 Å². The fourth-order valence-electron chi connectivity index (χ4n) is 1.88. The second kappa shape index (κ2) is 6.55. The van der Waals surface area contributed by atoms with Crippen molar-refractivity contribution in [2.45, 2.75) is 19.8 Å². The highest BCUT2D eigenvalue weighted by Gasteiger charge is 2.15. The molecule has 0 radical (unpaired) electrons. The zero-order chi connectivity index (χ0) is 14.7. The highest BCUT2D eigenvalue weighted by molar-refractivity contribution is 14.1. The molecule has 106 valence electrons. The van der Waals surface area contributed by atoms with E-state index in [0.29, 0.717) is 16.7 Å². The normalized spacial score (nSPS) is 10.7. The first-order valence-electron chi connectivity index (χ1n) is 6.06. The smallest absolute Gasteiger partial charge is 0.148 e. The molecule has 0 unspecified atom stereocenters. The summed E-state index contributed by atoms with van der Waals surface area (Å²) in [6.45, 7) is 4.11. The Hall–Kier alpha value is -1.12. The third-order valence-corrected chi connectivity index (χ3v) is 3.77. The summed E-state index contributed by atoms with van der Waals surface area (Å²) in [4.78, 5) is 8.42. The molecule has 2 aromatic rings. The van der Waals surface area contributed by atoms with E-state index in [0.717, 1.165) is 14.8 Å². The number of aromatic nitrogens is 2. The molecular formula is C13H15ClIN5. The molecule has 0 aliphatic carbocycles. The summed E-state index contributed by atoms with van der Waals surface area (Å²) in [5.41, 5.74) is 4.32. The second-order valence-corrected chi connectivity index (χ2v) is 6.19. The Morgan fingerprint density at radius 2 is 1.95 bits per heavy atom. The third kappa shape index (κ3) is 3.31.